The normalized spacial score (nSPS) is 11.0. The number of tetrazole rings is 1. The highest BCUT2D eigenvalue weighted by atomic mass is 32.2. The third-order valence-corrected chi connectivity index (χ3v) is 6.05. The van der Waals surface area contributed by atoms with Crippen molar-refractivity contribution in [2.75, 3.05) is 0 Å². The van der Waals surface area contributed by atoms with Crippen LogP contribution in [0.2, 0.25) is 0 Å². The Kier molecular flexibility index (Phi) is 4.28. The first-order valence-corrected chi connectivity index (χ1v) is 9.73. The summed E-state index contributed by atoms with van der Waals surface area (Å²) >= 11 is 4.87. The van der Waals surface area contributed by atoms with Crippen LogP contribution in [-0.4, -0.2) is 30.3 Å². The van der Waals surface area contributed by atoms with Gasteiger partial charge in [0, 0.05) is 11.1 Å². The third kappa shape index (κ3) is 3.18. The predicted molar refractivity (Wildman–Crippen MR) is 95.8 cm³/mol. The van der Waals surface area contributed by atoms with Crippen molar-refractivity contribution in [3.05, 3.63) is 52.9 Å². The van der Waals surface area contributed by atoms with Crippen molar-refractivity contribution in [1.29, 1.82) is 0 Å². The van der Waals surface area contributed by atoms with Gasteiger partial charge in [0.2, 0.25) is 5.16 Å². The Labute approximate surface area is 149 Å². The molecule has 0 fully saturated rings. The Morgan fingerprint density at radius 1 is 1.12 bits per heavy atom. The van der Waals surface area contributed by atoms with E-state index in [1.54, 1.807) is 51.6 Å². The minimum Gasteiger partial charge on any atom is -0.508 e. The molecule has 0 bridgehead atoms. The SMILES string of the molecule is Oc1ccc(-n2nnnc2SCc2csc(-c3cccs3)n2)cc1. The summed E-state index contributed by atoms with van der Waals surface area (Å²) in [4.78, 5) is 5.85. The number of thioether (sulfide) groups is 1. The second kappa shape index (κ2) is 6.71. The molecule has 0 radical (unpaired) electrons. The molecule has 9 heteroatoms. The number of nitrogens with zero attached hydrogens (tertiary/aromatic N) is 5. The number of phenols is 1. The van der Waals surface area contributed by atoms with Crippen LogP contribution in [0.3, 0.4) is 0 Å². The molecule has 0 amide bonds. The van der Waals surface area contributed by atoms with E-state index >= 15 is 0 Å². The van der Waals surface area contributed by atoms with Crippen molar-refractivity contribution >= 4 is 34.4 Å². The molecule has 24 heavy (non-hydrogen) atoms. The lowest BCUT2D eigenvalue weighted by Gasteiger charge is -2.03. The first-order valence-electron chi connectivity index (χ1n) is 6.98. The van der Waals surface area contributed by atoms with Crippen molar-refractivity contribution < 1.29 is 5.11 Å². The quantitative estimate of drug-likeness (QED) is 0.536. The van der Waals surface area contributed by atoms with E-state index in [4.69, 9.17) is 0 Å². The molecule has 3 heterocycles. The number of thiazole rings is 1. The second-order valence-electron chi connectivity index (χ2n) is 4.80. The van der Waals surface area contributed by atoms with Gasteiger partial charge in [-0.25, -0.2) is 4.98 Å². The number of thiophene rings is 1. The zero-order valence-corrected chi connectivity index (χ0v) is 14.7. The maximum Gasteiger partial charge on any atom is 0.214 e. The smallest absolute Gasteiger partial charge is 0.214 e. The number of benzene rings is 1. The standard InChI is InChI=1S/C15H11N5OS3/c21-12-5-3-11(4-6-12)20-15(17-18-19-20)24-9-10-8-23-14(16-10)13-2-1-7-22-13/h1-8,21H,9H2. The molecule has 3 aromatic heterocycles. The topological polar surface area (TPSA) is 76.7 Å². The highest BCUT2D eigenvalue weighted by molar-refractivity contribution is 7.98. The van der Waals surface area contributed by atoms with Gasteiger partial charge in [-0.1, -0.05) is 17.8 Å². The molecule has 120 valence electrons. The summed E-state index contributed by atoms with van der Waals surface area (Å²) in [5.74, 6) is 0.907. The molecular weight excluding hydrogens is 362 g/mol. The largest absolute Gasteiger partial charge is 0.508 e. The maximum atomic E-state index is 9.38. The van der Waals surface area contributed by atoms with Crippen molar-refractivity contribution in [3.63, 3.8) is 0 Å². The lowest BCUT2D eigenvalue weighted by atomic mass is 10.3. The Balaban J connectivity index is 1.49. The van der Waals surface area contributed by atoms with E-state index in [0.717, 1.165) is 16.4 Å². The summed E-state index contributed by atoms with van der Waals surface area (Å²) in [6.07, 6.45) is 0. The summed E-state index contributed by atoms with van der Waals surface area (Å²) in [6.45, 7) is 0. The monoisotopic (exact) mass is 373 g/mol. The van der Waals surface area contributed by atoms with Crippen LogP contribution in [0.5, 0.6) is 5.75 Å². The molecule has 0 saturated heterocycles. The van der Waals surface area contributed by atoms with Gasteiger partial charge in [-0.15, -0.1) is 27.8 Å². The summed E-state index contributed by atoms with van der Waals surface area (Å²) in [5, 5.41) is 27.1. The van der Waals surface area contributed by atoms with Crippen LogP contribution in [0.1, 0.15) is 5.69 Å². The van der Waals surface area contributed by atoms with Gasteiger partial charge in [0.25, 0.3) is 0 Å². The fourth-order valence-corrected chi connectivity index (χ4v) is 4.57. The first-order chi connectivity index (χ1) is 11.8. The van der Waals surface area contributed by atoms with E-state index in [-0.39, 0.29) is 5.75 Å². The molecule has 0 saturated carbocycles. The molecule has 0 aliphatic heterocycles. The second-order valence-corrected chi connectivity index (χ2v) is 7.55. The number of aromatic hydroxyl groups is 1. The molecule has 0 aliphatic carbocycles. The van der Waals surface area contributed by atoms with E-state index < -0.39 is 0 Å². The third-order valence-electron chi connectivity index (χ3n) is 3.17. The zero-order valence-electron chi connectivity index (χ0n) is 12.2. The van der Waals surface area contributed by atoms with Gasteiger partial charge in [-0.05, 0) is 46.1 Å². The van der Waals surface area contributed by atoms with Gasteiger partial charge in [-0.2, -0.15) is 4.68 Å². The van der Waals surface area contributed by atoms with Crippen molar-refractivity contribution in [1.82, 2.24) is 25.2 Å². The Morgan fingerprint density at radius 3 is 2.79 bits per heavy atom. The minimum absolute atomic E-state index is 0.213. The predicted octanol–water partition coefficient (Wildman–Crippen LogP) is 3.85. The van der Waals surface area contributed by atoms with Crippen molar-refractivity contribution in [2.45, 2.75) is 10.9 Å². The lowest BCUT2D eigenvalue weighted by Crippen LogP contribution is -1.98. The van der Waals surface area contributed by atoms with E-state index in [1.807, 2.05) is 6.07 Å². The Morgan fingerprint density at radius 2 is 2.00 bits per heavy atom. The van der Waals surface area contributed by atoms with Crippen molar-refractivity contribution in [3.8, 4) is 21.3 Å². The van der Waals surface area contributed by atoms with Crippen LogP contribution in [0.4, 0.5) is 0 Å². The molecule has 0 aliphatic rings. The number of phenolic OH excluding ortho intramolecular Hbond substituents is 1. The molecule has 4 aromatic rings. The van der Waals surface area contributed by atoms with Crippen LogP contribution in [0.15, 0.2) is 52.3 Å². The van der Waals surface area contributed by atoms with Crippen molar-refractivity contribution in [2.24, 2.45) is 0 Å². The highest BCUT2D eigenvalue weighted by Gasteiger charge is 2.11. The highest BCUT2D eigenvalue weighted by Crippen LogP contribution is 2.30. The van der Waals surface area contributed by atoms with E-state index in [9.17, 15) is 5.11 Å². The maximum absolute atomic E-state index is 9.38. The van der Waals surface area contributed by atoms with E-state index in [0.29, 0.717) is 10.9 Å². The van der Waals surface area contributed by atoms with E-state index in [2.05, 4.69) is 37.3 Å². The van der Waals surface area contributed by atoms with Gasteiger partial charge in [-0.3, -0.25) is 0 Å². The van der Waals surface area contributed by atoms with Gasteiger partial charge < -0.3 is 5.11 Å². The average Bonchev–Trinajstić information content (AvgIpc) is 3.34. The van der Waals surface area contributed by atoms with E-state index in [1.165, 1.54) is 16.6 Å². The summed E-state index contributed by atoms with van der Waals surface area (Å²) in [6, 6.07) is 10.9. The molecular formula is C15H11N5OS3. The fourth-order valence-electron chi connectivity index (χ4n) is 2.05. The Bertz CT molecular complexity index is 930. The number of hydrogen-bond donors (Lipinski definition) is 1. The van der Waals surface area contributed by atoms with Crippen LogP contribution < -0.4 is 0 Å². The van der Waals surface area contributed by atoms with Gasteiger partial charge in [0.05, 0.1) is 16.3 Å². The van der Waals surface area contributed by atoms with Crippen LogP contribution >= 0.6 is 34.4 Å². The molecule has 4 rings (SSSR count). The minimum atomic E-state index is 0.213. The Hall–Kier alpha value is -2.23. The molecule has 0 spiro atoms. The summed E-state index contributed by atoms with van der Waals surface area (Å²) in [5.41, 5.74) is 1.81. The van der Waals surface area contributed by atoms with Crippen LogP contribution in [0, 0.1) is 0 Å². The summed E-state index contributed by atoms with van der Waals surface area (Å²) < 4.78 is 1.65. The number of aromatic nitrogens is 5. The van der Waals surface area contributed by atoms with Crippen LogP contribution in [0.25, 0.3) is 15.6 Å². The van der Waals surface area contributed by atoms with Gasteiger partial charge in [0.1, 0.15) is 10.8 Å². The molecule has 1 N–H and O–H groups in total. The fraction of sp³-hybridized carbons (Fsp3) is 0.0667. The average molecular weight is 373 g/mol. The molecule has 0 unspecified atom stereocenters. The number of hydrogen-bond acceptors (Lipinski definition) is 8. The number of rotatable bonds is 5. The van der Waals surface area contributed by atoms with Gasteiger partial charge in [0.15, 0.2) is 0 Å². The molecule has 1 aromatic carbocycles. The summed E-state index contributed by atoms with van der Waals surface area (Å²) in [7, 11) is 0. The van der Waals surface area contributed by atoms with Gasteiger partial charge >= 0.3 is 0 Å². The first kappa shape index (κ1) is 15.3. The van der Waals surface area contributed by atoms with Crippen LogP contribution in [-0.2, 0) is 5.75 Å². The zero-order chi connectivity index (χ0) is 16.4. The lowest BCUT2D eigenvalue weighted by molar-refractivity contribution is 0.475. The molecule has 6 nitrogen and oxygen atoms in total. The molecule has 0 atom stereocenters.